The van der Waals surface area contributed by atoms with Gasteiger partial charge in [-0.2, -0.15) is 0 Å². The summed E-state index contributed by atoms with van der Waals surface area (Å²) in [6, 6.07) is 0. The number of carbonyl (C=O) groups is 1. The maximum Gasteiger partial charge on any atom is 0.143 e. The monoisotopic (exact) mass is 186 g/mol. The number of hydrogen-bond acceptors (Lipinski definition) is 2. The van der Waals surface area contributed by atoms with Crippen molar-refractivity contribution >= 4 is 17.5 Å². The van der Waals surface area contributed by atoms with Crippen LogP contribution in [0.5, 0.6) is 0 Å². The van der Waals surface area contributed by atoms with E-state index in [1.165, 1.54) is 0 Å². The fraction of sp³-hybridized carbons (Fsp3) is 0.700. The molecule has 0 unspecified atom stereocenters. The number of Topliss-reactive ketones (excluding diaryl/α,β-unsaturated/α-hetero) is 1. The van der Waals surface area contributed by atoms with Gasteiger partial charge in [-0.05, 0) is 6.42 Å². The maximum atomic E-state index is 11.2. The number of rotatable bonds is 5. The van der Waals surface area contributed by atoms with Crippen molar-refractivity contribution in [2.75, 3.05) is 5.75 Å². The van der Waals surface area contributed by atoms with Crippen molar-refractivity contribution in [2.24, 2.45) is 0 Å². The highest BCUT2D eigenvalue weighted by Crippen LogP contribution is 2.23. The number of hydrogen-bond donors (Lipinski definition) is 0. The van der Waals surface area contributed by atoms with Crippen LogP contribution in [-0.4, -0.2) is 16.3 Å². The largest absolute Gasteiger partial charge is 0.299 e. The Bertz CT molecular complexity index is 156. The van der Waals surface area contributed by atoms with Gasteiger partial charge in [0.25, 0.3) is 0 Å². The lowest BCUT2D eigenvalue weighted by atomic mass is 10.2. The molecule has 0 aromatic carbocycles. The number of thioether (sulfide) groups is 1. The van der Waals surface area contributed by atoms with Crippen LogP contribution in [0, 0.1) is 0 Å². The predicted octanol–water partition coefficient (Wildman–Crippen LogP) is 3.05. The lowest BCUT2D eigenvalue weighted by Gasteiger charge is -2.16. The summed E-state index contributed by atoms with van der Waals surface area (Å²) in [6.45, 7) is 9.95. The lowest BCUT2D eigenvalue weighted by molar-refractivity contribution is -0.116. The molecule has 0 saturated heterocycles. The van der Waals surface area contributed by atoms with E-state index in [4.69, 9.17) is 0 Å². The van der Waals surface area contributed by atoms with E-state index in [1.54, 1.807) is 17.8 Å². The second kappa shape index (κ2) is 5.41. The van der Waals surface area contributed by atoms with E-state index in [2.05, 4.69) is 27.4 Å². The summed E-state index contributed by atoms with van der Waals surface area (Å²) in [4.78, 5) is 11.2. The molecular weight excluding hydrogens is 168 g/mol. The fourth-order valence-electron chi connectivity index (χ4n) is 0.632. The Balaban J connectivity index is 3.51. The molecule has 0 heterocycles. The Kier molecular flexibility index (Phi) is 5.31. The van der Waals surface area contributed by atoms with Crippen molar-refractivity contribution in [1.82, 2.24) is 0 Å². The first-order valence-corrected chi connectivity index (χ1v) is 5.21. The maximum absolute atomic E-state index is 11.2. The molecule has 0 atom stereocenters. The van der Waals surface area contributed by atoms with E-state index in [1.807, 2.05) is 0 Å². The Morgan fingerprint density at radius 3 is 2.50 bits per heavy atom. The minimum absolute atomic E-state index is 0.198. The van der Waals surface area contributed by atoms with Crippen LogP contribution in [-0.2, 0) is 4.79 Å². The Hall–Kier alpha value is -0.240. The Morgan fingerprint density at radius 1 is 1.50 bits per heavy atom. The minimum atomic E-state index is 0.198. The Morgan fingerprint density at radius 2 is 2.08 bits per heavy atom. The highest BCUT2D eigenvalue weighted by molar-refractivity contribution is 8.01. The molecule has 0 spiro atoms. The van der Waals surface area contributed by atoms with Gasteiger partial charge in [-0.15, -0.1) is 18.3 Å². The summed E-state index contributed by atoms with van der Waals surface area (Å²) in [5.74, 6) is 0.965. The van der Waals surface area contributed by atoms with E-state index in [9.17, 15) is 4.79 Å². The molecular formula is C10H18OS. The van der Waals surface area contributed by atoms with E-state index < -0.39 is 0 Å². The summed E-state index contributed by atoms with van der Waals surface area (Å²) >= 11 is 1.71. The lowest BCUT2D eigenvalue weighted by Crippen LogP contribution is -2.12. The Labute approximate surface area is 79.6 Å². The van der Waals surface area contributed by atoms with Crippen LogP contribution in [0.25, 0.3) is 0 Å². The van der Waals surface area contributed by atoms with Crippen LogP contribution in [0.4, 0.5) is 0 Å². The summed E-state index contributed by atoms with van der Waals surface area (Å²) in [5, 5.41) is 0. The van der Waals surface area contributed by atoms with Gasteiger partial charge >= 0.3 is 0 Å². The van der Waals surface area contributed by atoms with Crippen molar-refractivity contribution < 1.29 is 4.79 Å². The molecule has 0 saturated carbocycles. The van der Waals surface area contributed by atoms with E-state index in [0.29, 0.717) is 18.0 Å². The summed E-state index contributed by atoms with van der Waals surface area (Å²) in [7, 11) is 0. The van der Waals surface area contributed by atoms with Crippen LogP contribution in [0.1, 0.15) is 33.6 Å². The second-order valence-corrected chi connectivity index (χ2v) is 5.57. The standard InChI is InChI=1S/C10H18OS/c1-5-6-7-9(11)8-12-10(2,3)4/h5H,1,6-8H2,2-4H3. The van der Waals surface area contributed by atoms with Gasteiger partial charge in [0.2, 0.25) is 0 Å². The minimum Gasteiger partial charge on any atom is -0.299 e. The van der Waals surface area contributed by atoms with Crippen LogP contribution >= 0.6 is 11.8 Å². The van der Waals surface area contributed by atoms with Crippen LogP contribution in [0.2, 0.25) is 0 Å². The van der Waals surface area contributed by atoms with Crippen molar-refractivity contribution in [3.05, 3.63) is 12.7 Å². The average molecular weight is 186 g/mol. The molecule has 0 radical (unpaired) electrons. The van der Waals surface area contributed by atoms with Crippen molar-refractivity contribution in [2.45, 2.75) is 38.4 Å². The van der Waals surface area contributed by atoms with Gasteiger partial charge in [0.15, 0.2) is 0 Å². The molecule has 1 nitrogen and oxygen atoms in total. The first-order chi connectivity index (χ1) is 5.45. The van der Waals surface area contributed by atoms with Gasteiger partial charge in [-0.3, -0.25) is 4.79 Å². The third-order valence-corrected chi connectivity index (χ3v) is 2.63. The first kappa shape index (κ1) is 11.8. The molecule has 0 rings (SSSR count). The number of ketones is 1. The zero-order valence-electron chi connectivity index (χ0n) is 8.22. The molecule has 0 aliphatic carbocycles. The van der Waals surface area contributed by atoms with Crippen LogP contribution < -0.4 is 0 Å². The molecule has 0 aromatic rings. The summed E-state index contributed by atoms with van der Waals surface area (Å²) in [6.07, 6.45) is 3.25. The number of allylic oxidation sites excluding steroid dienone is 1. The van der Waals surface area contributed by atoms with Crippen molar-refractivity contribution in [1.29, 1.82) is 0 Å². The van der Waals surface area contributed by atoms with Crippen LogP contribution in [0.3, 0.4) is 0 Å². The third-order valence-electron chi connectivity index (χ3n) is 1.29. The normalized spacial score (nSPS) is 11.2. The van der Waals surface area contributed by atoms with Gasteiger partial charge in [-0.25, -0.2) is 0 Å². The van der Waals surface area contributed by atoms with Gasteiger partial charge < -0.3 is 0 Å². The van der Waals surface area contributed by atoms with Crippen molar-refractivity contribution in [3.63, 3.8) is 0 Å². The molecule has 0 amide bonds. The molecule has 70 valence electrons. The molecule has 0 aliphatic heterocycles. The van der Waals surface area contributed by atoms with E-state index in [0.717, 1.165) is 6.42 Å². The van der Waals surface area contributed by atoms with E-state index in [-0.39, 0.29) is 4.75 Å². The molecule has 12 heavy (non-hydrogen) atoms. The summed E-state index contributed by atoms with van der Waals surface area (Å²) < 4.78 is 0.198. The molecule has 0 fully saturated rings. The van der Waals surface area contributed by atoms with Gasteiger partial charge in [0.05, 0.1) is 5.75 Å². The first-order valence-electron chi connectivity index (χ1n) is 4.22. The van der Waals surface area contributed by atoms with E-state index >= 15 is 0 Å². The van der Waals surface area contributed by atoms with Gasteiger partial charge in [-0.1, -0.05) is 26.8 Å². The number of carbonyl (C=O) groups excluding carboxylic acids is 1. The molecule has 0 aromatic heterocycles. The molecule has 2 heteroatoms. The second-order valence-electron chi connectivity index (χ2n) is 3.77. The SMILES string of the molecule is C=CCCC(=O)CSC(C)(C)C. The highest BCUT2D eigenvalue weighted by Gasteiger charge is 2.12. The zero-order chi connectivity index (χ0) is 9.61. The van der Waals surface area contributed by atoms with Gasteiger partial charge in [0, 0.05) is 11.2 Å². The quantitative estimate of drug-likeness (QED) is 0.614. The average Bonchev–Trinajstić information content (AvgIpc) is 1.95. The topological polar surface area (TPSA) is 17.1 Å². The third kappa shape index (κ3) is 7.86. The fourth-order valence-corrected chi connectivity index (χ4v) is 1.37. The smallest absolute Gasteiger partial charge is 0.143 e. The zero-order valence-corrected chi connectivity index (χ0v) is 9.04. The molecule has 0 aliphatic rings. The molecule has 0 N–H and O–H groups in total. The van der Waals surface area contributed by atoms with Crippen LogP contribution in [0.15, 0.2) is 12.7 Å². The summed E-state index contributed by atoms with van der Waals surface area (Å²) in [5.41, 5.74) is 0. The van der Waals surface area contributed by atoms with Gasteiger partial charge in [0.1, 0.15) is 5.78 Å². The molecule has 0 bridgehead atoms. The highest BCUT2D eigenvalue weighted by atomic mass is 32.2. The predicted molar refractivity (Wildman–Crippen MR) is 56.6 cm³/mol. The van der Waals surface area contributed by atoms with Crippen molar-refractivity contribution in [3.8, 4) is 0 Å².